The van der Waals surface area contributed by atoms with E-state index < -0.39 is 0 Å². The van der Waals surface area contributed by atoms with Gasteiger partial charge in [-0.3, -0.25) is 0 Å². The second-order valence-electron chi connectivity index (χ2n) is 4.16. The molecule has 0 aromatic carbocycles. The summed E-state index contributed by atoms with van der Waals surface area (Å²) < 4.78 is 0. The third-order valence-corrected chi connectivity index (χ3v) is 3.27. The molecule has 1 aliphatic heterocycles. The fraction of sp³-hybridized carbons (Fsp3) is 1.00. The molecule has 0 amide bonds. The molecule has 1 unspecified atom stereocenters. The van der Waals surface area contributed by atoms with Gasteiger partial charge in [-0.05, 0) is 25.3 Å². The molecule has 0 spiro atoms. The highest BCUT2D eigenvalue weighted by Crippen LogP contribution is 2.23. The Morgan fingerprint density at radius 3 is 2.83 bits per heavy atom. The monoisotopic (exact) mass is 168 g/mol. The number of nitrogens with one attached hydrogen (secondary N) is 2. The molecule has 2 nitrogen and oxygen atoms in total. The Balaban J connectivity index is 1.94. The van der Waals surface area contributed by atoms with E-state index >= 15 is 0 Å². The summed E-state index contributed by atoms with van der Waals surface area (Å²) in [4.78, 5) is 0. The average Bonchev–Trinajstić information content (AvgIpc) is 2.38. The summed E-state index contributed by atoms with van der Waals surface area (Å²) in [6.07, 6.45) is 7.18. The van der Waals surface area contributed by atoms with Crippen LogP contribution < -0.4 is 10.6 Å². The zero-order valence-electron chi connectivity index (χ0n) is 7.81. The fourth-order valence-electron chi connectivity index (χ4n) is 2.53. The zero-order chi connectivity index (χ0) is 8.23. The van der Waals surface area contributed by atoms with E-state index in [0.29, 0.717) is 0 Å². The highest BCUT2D eigenvalue weighted by Gasteiger charge is 2.24. The summed E-state index contributed by atoms with van der Waals surface area (Å²) >= 11 is 0. The van der Waals surface area contributed by atoms with E-state index in [1.165, 1.54) is 45.2 Å². The van der Waals surface area contributed by atoms with Crippen molar-refractivity contribution in [2.75, 3.05) is 19.6 Å². The lowest BCUT2D eigenvalue weighted by atomic mass is 9.95. The van der Waals surface area contributed by atoms with Crippen molar-refractivity contribution in [1.82, 2.24) is 10.6 Å². The summed E-state index contributed by atoms with van der Waals surface area (Å²) in [7, 11) is 0. The molecule has 1 heterocycles. The number of hydrogen-bond donors (Lipinski definition) is 2. The highest BCUT2D eigenvalue weighted by molar-refractivity contribution is 4.83. The van der Waals surface area contributed by atoms with E-state index in [1.807, 2.05) is 0 Å². The summed E-state index contributed by atoms with van der Waals surface area (Å²) in [5.74, 6) is 0.912. The minimum Gasteiger partial charge on any atom is -0.315 e. The van der Waals surface area contributed by atoms with Crippen LogP contribution in [0.25, 0.3) is 0 Å². The third-order valence-electron chi connectivity index (χ3n) is 3.27. The normalized spacial score (nSPS) is 38.0. The lowest BCUT2D eigenvalue weighted by Crippen LogP contribution is -2.35. The molecule has 70 valence electrons. The van der Waals surface area contributed by atoms with Gasteiger partial charge in [0, 0.05) is 19.1 Å². The van der Waals surface area contributed by atoms with Gasteiger partial charge in [0.05, 0.1) is 0 Å². The Morgan fingerprint density at radius 2 is 1.83 bits per heavy atom. The van der Waals surface area contributed by atoms with E-state index in [2.05, 4.69) is 10.6 Å². The van der Waals surface area contributed by atoms with Crippen LogP contribution in [0.1, 0.15) is 32.1 Å². The maximum absolute atomic E-state index is 3.66. The van der Waals surface area contributed by atoms with Crippen molar-refractivity contribution >= 4 is 0 Å². The second kappa shape index (κ2) is 4.24. The third kappa shape index (κ3) is 1.99. The summed E-state index contributed by atoms with van der Waals surface area (Å²) in [5, 5.41) is 7.17. The SMILES string of the molecule is C1CCC2NCCNC[C@H]2CC1. The van der Waals surface area contributed by atoms with Crippen molar-refractivity contribution in [1.29, 1.82) is 0 Å². The van der Waals surface area contributed by atoms with Crippen molar-refractivity contribution < 1.29 is 0 Å². The van der Waals surface area contributed by atoms with Gasteiger partial charge in [0.25, 0.3) is 0 Å². The van der Waals surface area contributed by atoms with Crippen molar-refractivity contribution in [3.05, 3.63) is 0 Å². The zero-order valence-corrected chi connectivity index (χ0v) is 7.81. The van der Waals surface area contributed by atoms with E-state index in [1.54, 1.807) is 0 Å². The molecule has 2 atom stereocenters. The first kappa shape index (κ1) is 8.52. The van der Waals surface area contributed by atoms with E-state index in [4.69, 9.17) is 0 Å². The molecule has 2 rings (SSSR count). The van der Waals surface area contributed by atoms with Crippen LogP contribution in [0.4, 0.5) is 0 Å². The minimum atomic E-state index is 0.822. The quantitative estimate of drug-likeness (QED) is 0.566. The Morgan fingerprint density at radius 1 is 0.917 bits per heavy atom. The van der Waals surface area contributed by atoms with Gasteiger partial charge in [-0.2, -0.15) is 0 Å². The van der Waals surface area contributed by atoms with E-state index in [-0.39, 0.29) is 0 Å². The smallest absolute Gasteiger partial charge is 0.0108 e. The van der Waals surface area contributed by atoms with Gasteiger partial charge in [0.1, 0.15) is 0 Å². The molecule has 12 heavy (non-hydrogen) atoms. The second-order valence-corrected chi connectivity index (χ2v) is 4.16. The Hall–Kier alpha value is -0.0800. The first-order valence-corrected chi connectivity index (χ1v) is 5.41. The number of hydrogen-bond acceptors (Lipinski definition) is 2. The Kier molecular flexibility index (Phi) is 3.01. The number of fused-ring (bicyclic) bond motifs is 1. The molecule has 0 radical (unpaired) electrons. The van der Waals surface area contributed by atoms with Crippen LogP contribution in [0.3, 0.4) is 0 Å². The van der Waals surface area contributed by atoms with E-state index in [9.17, 15) is 0 Å². The highest BCUT2D eigenvalue weighted by atomic mass is 15.0. The van der Waals surface area contributed by atoms with Crippen LogP contribution in [0, 0.1) is 5.92 Å². The van der Waals surface area contributed by atoms with Gasteiger partial charge in [-0.15, -0.1) is 0 Å². The maximum atomic E-state index is 3.66. The topological polar surface area (TPSA) is 24.1 Å². The van der Waals surface area contributed by atoms with E-state index in [0.717, 1.165) is 18.5 Å². The van der Waals surface area contributed by atoms with Crippen LogP contribution >= 0.6 is 0 Å². The molecule has 2 aliphatic rings. The molecule has 1 saturated heterocycles. The van der Waals surface area contributed by atoms with Crippen molar-refractivity contribution in [3.63, 3.8) is 0 Å². The lowest BCUT2D eigenvalue weighted by molar-refractivity contribution is 0.358. The largest absolute Gasteiger partial charge is 0.315 e. The number of rotatable bonds is 0. The van der Waals surface area contributed by atoms with Gasteiger partial charge in [0.15, 0.2) is 0 Å². The van der Waals surface area contributed by atoms with Crippen molar-refractivity contribution in [2.24, 2.45) is 5.92 Å². The molecule has 2 N–H and O–H groups in total. The summed E-state index contributed by atoms with van der Waals surface area (Å²) in [6, 6.07) is 0.822. The van der Waals surface area contributed by atoms with Crippen LogP contribution in [0.15, 0.2) is 0 Å². The fourth-order valence-corrected chi connectivity index (χ4v) is 2.53. The first-order valence-electron chi connectivity index (χ1n) is 5.41. The van der Waals surface area contributed by atoms with Crippen molar-refractivity contribution in [3.8, 4) is 0 Å². The molecular formula is C10H20N2. The van der Waals surface area contributed by atoms with Gasteiger partial charge < -0.3 is 10.6 Å². The Labute approximate surface area is 75.1 Å². The standard InChI is InChI=1S/C10H20N2/c1-2-4-9-8-11-6-7-12-10(9)5-3-1/h9-12H,1-8H2/t9-,10?/m1/s1. The molecule has 2 fully saturated rings. The van der Waals surface area contributed by atoms with Crippen LogP contribution in [0.2, 0.25) is 0 Å². The predicted molar refractivity (Wildman–Crippen MR) is 51.2 cm³/mol. The molecule has 2 heteroatoms. The molecule has 1 saturated carbocycles. The molecule has 0 aromatic rings. The Bertz CT molecular complexity index is 108. The summed E-state index contributed by atoms with van der Waals surface area (Å²) in [5.41, 5.74) is 0. The molecule has 0 aromatic heterocycles. The van der Waals surface area contributed by atoms with Crippen molar-refractivity contribution in [2.45, 2.75) is 38.1 Å². The van der Waals surface area contributed by atoms with Gasteiger partial charge in [-0.1, -0.05) is 19.3 Å². The van der Waals surface area contributed by atoms with Gasteiger partial charge in [-0.25, -0.2) is 0 Å². The van der Waals surface area contributed by atoms with Crippen LogP contribution in [0.5, 0.6) is 0 Å². The molecular weight excluding hydrogens is 148 g/mol. The molecule has 0 bridgehead atoms. The minimum absolute atomic E-state index is 0.822. The lowest BCUT2D eigenvalue weighted by Gasteiger charge is -2.22. The average molecular weight is 168 g/mol. The molecule has 1 aliphatic carbocycles. The maximum Gasteiger partial charge on any atom is 0.0108 e. The predicted octanol–water partition coefficient (Wildman–Crippen LogP) is 1.13. The summed E-state index contributed by atoms with van der Waals surface area (Å²) in [6.45, 7) is 3.58. The van der Waals surface area contributed by atoms with Gasteiger partial charge in [0.2, 0.25) is 0 Å². The van der Waals surface area contributed by atoms with Crippen LogP contribution in [-0.4, -0.2) is 25.7 Å². The van der Waals surface area contributed by atoms with Crippen LogP contribution in [-0.2, 0) is 0 Å². The van der Waals surface area contributed by atoms with Gasteiger partial charge >= 0.3 is 0 Å². The first-order chi connectivity index (χ1) is 5.97.